The Kier molecular flexibility index (Phi) is 13.0. The van der Waals surface area contributed by atoms with Crippen molar-refractivity contribution in [2.24, 2.45) is 16.8 Å². The number of methoxy groups -OCH3 is 2. The van der Waals surface area contributed by atoms with Crippen molar-refractivity contribution in [3.8, 4) is 11.1 Å². The summed E-state index contributed by atoms with van der Waals surface area (Å²) < 4.78 is 9.37. The van der Waals surface area contributed by atoms with Crippen LogP contribution < -0.4 is 21.3 Å². The Morgan fingerprint density at radius 3 is 1.75 bits per heavy atom. The standard InChI is InChI=1S/C38H51N9O8/c1-20(2)30(43-37(52)54-6)34(50)46-14-8-10-27(46)32(48)42-29-16-22(5)25-17-23(12-13-26(25)41-29)24-18-39-36(40-19-24)45-33(49)28-11-9-15-47(28)35(51)31(21(3)4)44-38(53)55-7/h12-13,17-22,27-28,30-31H,8-11,14-16H2,1-7H3,(H,43,52)(H,44,53)(H,41,42,48)(H,39,40,45,49). The molecule has 296 valence electrons. The zero-order chi connectivity index (χ0) is 40.0. The summed E-state index contributed by atoms with van der Waals surface area (Å²) >= 11 is 0. The summed E-state index contributed by atoms with van der Waals surface area (Å²) in [5.41, 5.74) is 3.25. The number of hydrogen-bond donors (Lipinski definition) is 4. The average Bonchev–Trinajstić information content (AvgIpc) is 3.86. The zero-order valence-electron chi connectivity index (χ0n) is 32.4. The van der Waals surface area contributed by atoms with Crippen LogP contribution in [0.5, 0.6) is 0 Å². The number of ether oxygens (including phenoxy) is 2. The fourth-order valence-corrected chi connectivity index (χ4v) is 7.22. The SMILES string of the molecule is COC(=O)NC(C(=O)N1CCCC1C(=O)NC1=Nc2ccc(-c3cnc(NC(=O)C4CCCN4C(=O)C(NC(=O)OC)C(C)C)nc3)cc2C(C)C1)C(C)C. The van der Waals surface area contributed by atoms with Crippen LogP contribution in [0, 0.1) is 11.8 Å². The van der Waals surface area contributed by atoms with Gasteiger partial charge in [-0.15, -0.1) is 0 Å². The van der Waals surface area contributed by atoms with Crippen LogP contribution in [0.1, 0.15) is 78.2 Å². The third-order valence-corrected chi connectivity index (χ3v) is 10.3. The molecule has 5 atom stereocenters. The van der Waals surface area contributed by atoms with E-state index >= 15 is 0 Å². The monoisotopic (exact) mass is 761 g/mol. The van der Waals surface area contributed by atoms with Crippen molar-refractivity contribution >= 4 is 53.3 Å². The first-order chi connectivity index (χ1) is 26.2. The minimum absolute atomic E-state index is 0.00769. The van der Waals surface area contributed by atoms with Gasteiger partial charge in [0.1, 0.15) is 30.0 Å². The summed E-state index contributed by atoms with van der Waals surface area (Å²) in [6.07, 6.45) is 4.54. The minimum atomic E-state index is -0.839. The van der Waals surface area contributed by atoms with Crippen LogP contribution in [0.25, 0.3) is 11.1 Å². The zero-order valence-corrected chi connectivity index (χ0v) is 32.4. The first-order valence-corrected chi connectivity index (χ1v) is 18.7. The number of rotatable bonds is 10. The molecule has 0 spiro atoms. The number of benzene rings is 1. The van der Waals surface area contributed by atoms with Crippen LogP contribution in [0.2, 0.25) is 0 Å². The maximum absolute atomic E-state index is 13.5. The first-order valence-electron chi connectivity index (χ1n) is 18.7. The summed E-state index contributed by atoms with van der Waals surface area (Å²) in [6, 6.07) is 2.67. The molecule has 3 aliphatic heterocycles. The number of nitrogens with zero attached hydrogens (tertiary/aromatic N) is 5. The molecule has 4 heterocycles. The highest BCUT2D eigenvalue weighted by Crippen LogP contribution is 2.37. The van der Waals surface area contributed by atoms with Crippen LogP contribution in [0.4, 0.5) is 21.2 Å². The van der Waals surface area contributed by atoms with E-state index in [0.29, 0.717) is 56.7 Å². The van der Waals surface area contributed by atoms with Gasteiger partial charge in [-0.25, -0.2) is 24.5 Å². The number of alkyl carbamates (subject to hydrolysis) is 2. The van der Waals surface area contributed by atoms with Gasteiger partial charge in [0.15, 0.2) is 0 Å². The van der Waals surface area contributed by atoms with Crippen molar-refractivity contribution in [1.82, 2.24) is 35.7 Å². The smallest absolute Gasteiger partial charge is 0.407 e. The van der Waals surface area contributed by atoms with E-state index in [0.717, 1.165) is 16.7 Å². The lowest BCUT2D eigenvalue weighted by molar-refractivity contribution is -0.140. The van der Waals surface area contributed by atoms with Gasteiger partial charge in [0.05, 0.1) is 19.9 Å². The molecule has 6 amide bonds. The maximum atomic E-state index is 13.5. The Balaban J connectivity index is 1.22. The number of nitrogens with one attached hydrogen (secondary N) is 4. The van der Waals surface area contributed by atoms with Gasteiger partial charge in [-0.05, 0) is 66.7 Å². The molecule has 3 aliphatic rings. The van der Waals surface area contributed by atoms with Gasteiger partial charge in [0.25, 0.3) is 0 Å². The molecule has 5 rings (SSSR count). The van der Waals surface area contributed by atoms with E-state index in [1.165, 1.54) is 24.0 Å². The van der Waals surface area contributed by atoms with Gasteiger partial charge in [-0.2, -0.15) is 0 Å². The molecule has 1 aromatic carbocycles. The number of amides is 6. The second-order valence-electron chi connectivity index (χ2n) is 14.8. The molecule has 0 saturated carbocycles. The molecule has 0 radical (unpaired) electrons. The number of carbonyl (C=O) groups is 6. The Hall–Kier alpha value is -5.61. The predicted molar refractivity (Wildman–Crippen MR) is 202 cm³/mol. The Bertz CT molecular complexity index is 1820. The van der Waals surface area contributed by atoms with E-state index in [1.807, 2.05) is 52.8 Å². The molecule has 0 aliphatic carbocycles. The van der Waals surface area contributed by atoms with Crippen molar-refractivity contribution in [3.05, 3.63) is 36.2 Å². The number of likely N-dealkylation sites (tertiary alicyclic amines) is 2. The van der Waals surface area contributed by atoms with Crippen LogP contribution >= 0.6 is 0 Å². The Morgan fingerprint density at radius 2 is 1.25 bits per heavy atom. The lowest BCUT2D eigenvalue weighted by Gasteiger charge is -2.30. The summed E-state index contributed by atoms with van der Waals surface area (Å²) in [5, 5.41) is 10.9. The molecule has 17 nitrogen and oxygen atoms in total. The van der Waals surface area contributed by atoms with Crippen LogP contribution in [0.15, 0.2) is 35.6 Å². The van der Waals surface area contributed by atoms with Gasteiger partial charge in [-0.1, -0.05) is 40.7 Å². The second-order valence-corrected chi connectivity index (χ2v) is 14.8. The average molecular weight is 762 g/mol. The molecule has 1 aromatic heterocycles. The van der Waals surface area contributed by atoms with Crippen molar-refractivity contribution in [2.45, 2.75) is 96.8 Å². The largest absolute Gasteiger partial charge is 0.453 e. The lowest BCUT2D eigenvalue weighted by Crippen LogP contribution is -2.55. The molecule has 17 heteroatoms. The van der Waals surface area contributed by atoms with Crippen molar-refractivity contribution in [2.75, 3.05) is 32.6 Å². The molecule has 55 heavy (non-hydrogen) atoms. The molecule has 2 fully saturated rings. The van der Waals surface area contributed by atoms with Crippen molar-refractivity contribution in [3.63, 3.8) is 0 Å². The maximum Gasteiger partial charge on any atom is 0.407 e. The van der Waals surface area contributed by atoms with Crippen LogP contribution in [0.3, 0.4) is 0 Å². The lowest BCUT2D eigenvalue weighted by atomic mass is 9.90. The van der Waals surface area contributed by atoms with Crippen molar-refractivity contribution in [1.29, 1.82) is 0 Å². The van der Waals surface area contributed by atoms with Crippen LogP contribution in [-0.4, -0.2) is 113 Å². The third-order valence-electron chi connectivity index (χ3n) is 10.3. The van der Waals surface area contributed by atoms with Gasteiger partial charge in [0.2, 0.25) is 29.6 Å². The van der Waals surface area contributed by atoms with E-state index in [-0.39, 0.29) is 41.4 Å². The molecule has 0 bridgehead atoms. The Labute approximate surface area is 320 Å². The quantitative estimate of drug-likeness (QED) is 0.277. The van der Waals surface area contributed by atoms with Gasteiger partial charge >= 0.3 is 12.2 Å². The van der Waals surface area contributed by atoms with E-state index in [4.69, 9.17) is 9.73 Å². The van der Waals surface area contributed by atoms with E-state index in [9.17, 15) is 28.8 Å². The highest BCUT2D eigenvalue weighted by Gasteiger charge is 2.40. The second kappa shape index (κ2) is 17.7. The fourth-order valence-electron chi connectivity index (χ4n) is 7.22. The Morgan fingerprint density at radius 1 is 0.745 bits per heavy atom. The number of aliphatic imine (C=N–C) groups is 1. The number of carbonyl (C=O) groups excluding carboxylic acids is 6. The predicted octanol–water partition coefficient (Wildman–Crippen LogP) is 3.48. The van der Waals surface area contributed by atoms with Gasteiger partial charge in [0, 0.05) is 37.5 Å². The van der Waals surface area contributed by atoms with E-state index < -0.39 is 42.3 Å². The minimum Gasteiger partial charge on any atom is -0.453 e. The highest BCUT2D eigenvalue weighted by molar-refractivity contribution is 6.04. The molecular weight excluding hydrogens is 710 g/mol. The topological polar surface area (TPSA) is 214 Å². The van der Waals surface area contributed by atoms with Gasteiger partial charge in [-0.3, -0.25) is 24.5 Å². The molecule has 5 unspecified atom stereocenters. The molecule has 2 saturated heterocycles. The number of amidine groups is 1. The van der Waals surface area contributed by atoms with Crippen molar-refractivity contribution < 1.29 is 38.2 Å². The molecule has 4 N–H and O–H groups in total. The van der Waals surface area contributed by atoms with E-state index in [1.54, 1.807) is 12.4 Å². The number of aromatic nitrogens is 2. The summed E-state index contributed by atoms with van der Waals surface area (Å²) in [4.78, 5) is 93.8. The summed E-state index contributed by atoms with van der Waals surface area (Å²) in [5.74, 6) is -1.22. The third kappa shape index (κ3) is 9.38. The number of hydrogen-bond acceptors (Lipinski definition) is 11. The number of anilines is 1. The summed E-state index contributed by atoms with van der Waals surface area (Å²) in [6.45, 7) is 10.1. The van der Waals surface area contributed by atoms with Gasteiger partial charge < -0.3 is 35.2 Å². The number of fused-ring (bicyclic) bond motifs is 1. The first kappa shape index (κ1) is 40.6. The summed E-state index contributed by atoms with van der Waals surface area (Å²) in [7, 11) is 2.46. The normalized spacial score (nSPS) is 20.2. The molecule has 2 aromatic rings. The highest BCUT2D eigenvalue weighted by atomic mass is 16.5. The molecular formula is C38H51N9O8. The van der Waals surface area contributed by atoms with E-state index in [2.05, 4.69) is 36.0 Å². The van der Waals surface area contributed by atoms with Crippen LogP contribution in [-0.2, 0) is 28.7 Å². The fraction of sp³-hybridized carbons (Fsp3) is 0.553.